The number of imidazole rings is 1. The van der Waals surface area contributed by atoms with Crippen molar-refractivity contribution in [1.82, 2.24) is 9.55 Å². The van der Waals surface area contributed by atoms with E-state index in [1.807, 2.05) is 54.6 Å². The number of halogens is 2. The summed E-state index contributed by atoms with van der Waals surface area (Å²) in [6.07, 6.45) is 0.483. The second-order valence-corrected chi connectivity index (χ2v) is 7.89. The molecule has 1 aromatic heterocycles. The molecule has 3 aromatic carbocycles. The Labute approximate surface area is 188 Å². The molecule has 0 aliphatic carbocycles. The Kier molecular flexibility index (Phi) is 5.34. The first kappa shape index (κ1) is 20.8. The van der Waals surface area contributed by atoms with Crippen LogP contribution in [0.3, 0.4) is 0 Å². The van der Waals surface area contributed by atoms with Gasteiger partial charge in [0.25, 0.3) is 5.91 Å². The van der Waals surface area contributed by atoms with Crippen LogP contribution in [0.1, 0.15) is 18.0 Å². The third-order valence-electron chi connectivity index (χ3n) is 5.73. The number of fused-ring (bicyclic) bond motifs is 3. The van der Waals surface area contributed by atoms with E-state index in [0.29, 0.717) is 18.9 Å². The number of nitrogens with one attached hydrogen (secondary N) is 1. The molecule has 1 atom stereocenters. The van der Waals surface area contributed by atoms with Crippen LogP contribution >= 0.6 is 0 Å². The molecule has 166 valence electrons. The largest absolute Gasteiger partial charge is 0.326 e. The van der Waals surface area contributed by atoms with Crippen LogP contribution in [-0.2, 0) is 16.0 Å². The zero-order valence-electron chi connectivity index (χ0n) is 17.5. The predicted molar refractivity (Wildman–Crippen MR) is 121 cm³/mol. The fourth-order valence-electron chi connectivity index (χ4n) is 4.15. The highest BCUT2D eigenvalue weighted by molar-refractivity contribution is 6.05. The normalized spacial score (nSPS) is 15.2. The molecule has 1 aliphatic heterocycles. The molecule has 0 radical (unpaired) electrons. The molecule has 33 heavy (non-hydrogen) atoms. The first-order chi connectivity index (χ1) is 16.0. The zero-order valence-corrected chi connectivity index (χ0v) is 17.5. The lowest BCUT2D eigenvalue weighted by Crippen LogP contribution is -2.33. The SMILES string of the molecule is O=C(C[C@H]1C(=O)N(CCc2ccccc2)c2nc3ccccc3n21)Nc1ccc(F)c(F)c1. The Morgan fingerprint density at radius 3 is 2.52 bits per heavy atom. The molecule has 0 bridgehead atoms. The highest BCUT2D eigenvalue weighted by Gasteiger charge is 2.40. The molecule has 5 rings (SSSR count). The van der Waals surface area contributed by atoms with Gasteiger partial charge in [-0.2, -0.15) is 0 Å². The van der Waals surface area contributed by atoms with Crippen LogP contribution < -0.4 is 10.2 Å². The number of carbonyl (C=O) groups is 2. The molecule has 0 unspecified atom stereocenters. The third kappa shape index (κ3) is 3.95. The number of aromatic nitrogens is 2. The molecule has 0 spiro atoms. The lowest BCUT2D eigenvalue weighted by molar-refractivity contribution is -0.124. The van der Waals surface area contributed by atoms with Crippen molar-refractivity contribution in [2.45, 2.75) is 18.9 Å². The van der Waals surface area contributed by atoms with E-state index in [2.05, 4.69) is 10.3 Å². The molecule has 2 amide bonds. The summed E-state index contributed by atoms with van der Waals surface area (Å²) in [6, 6.07) is 19.6. The summed E-state index contributed by atoms with van der Waals surface area (Å²) < 4.78 is 28.5. The van der Waals surface area contributed by atoms with E-state index in [-0.39, 0.29) is 18.0 Å². The van der Waals surface area contributed by atoms with Crippen LogP contribution in [0.2, 0.25) is 0 Å². The van der Waals surface area contributed by atoms with Crippen LogP contribution in [0.15, 0.2) is 72.8 Å². The summed E-state index contributed by atoms with van der Waals surface area (Å²) >= 11 is 0. The quantitative estimate of drug-likeness (QED) is 0.475. The summed E-state index contributed by atoms with van der Waals surface area (Å²) in [7, 11) is 0. The van der Waals surface area contributed by atoms with Crippen molar-refractivity contribution in [2.24, 2.45) is 0 Å². The van der Waals surface area contributed by atoms with Gasteiger partial charge in [-0.3, -0.25) is 19.1 Å². The Balaban J connectivity index is 1.41. The minimum Gasteiger partial charge on any atom is -0.326 e. The monoisotopic (exact) mass is 446 g/mol. The van der Waals surface area contributed by atoms with Crippen molar-refractivity contribution in [3.8, 4) is 0 Å². The van der Waals surface area contributed by atoms with Gasteiger partial charge in [0.2, 0.25) is 11.9 Å². The maximum absolute atomic E-state index is 13.5. The van der Waals surface area contributed by atoms with Crippen LogP contribution in [0.4, 0.5) is 20.4 Å². The minimum absolute atomic E-state index is 0.126. The van der Waals surface area contributed by atoms with E-state index in [9.17, 15) is 18.4 Å². The average molecular weight is 446 g/mol. The standard InChI is InChI=1S/C25H20F2N4O2/c26-18-11-10-17(14-19(18)27)28-23(32)15-22-24(33)30(13-12-16-6-2-1-3-7-16)25-29-20-8-4-5-9-21(20)31(22)25/h1-11,14,22H,12-13,15H2,(H,28,32)/t22-/m0/s1. The van der Waals surface area contributed by atoms with Crippen molar-refractivity contribution >= 4 is 34.5 Å². The number of anilines is 2. The predicted octanol–water partition coefficient (Wildman–Crippen LogP) is 4.47. The van der Waals surface area contributed by atoms with Gasteiger partial charge in [-0.15, -0.1) is 0 Å². The van der Waals surface area contributed by atoms with Crippen molar-refractivity contribution in [3.63, 3.8) is 0 Å². The van der Waals surface area contributed by atoms with Crippen LogP contribution in [0.5, 0.6) is 0 Å². The number of carbonyl (C=O) groups excluding carboxylic acids is 2. The number of para-hydroxylation sites is 2. The van der Waals surface area contributed by atoms with Gasteiger partial charge in [-0.25, -0.2) is 13.8 Å². The smallest absolute Gasteiger partial charge is 0.253 e. The average Bonchev–Trinajstić information content (AvgIpc) is 3.30. The molecular weight excluding hydrogens is 426 g/mol. The zero-order chi connectivity index (χ0) is 22.9. The molecule has 0 saturated carbocycles. The van der Waals surface area contributed by atoms with E-state index in [4.69, 9.17) is 0 Å². The van der Waals surface area contributed by atoms with Crippen molar-refractivity contribution in [1.29, 1.82) is 0 Å². The first-order valence-corrected chi connectivity index (χ1v) is 10.6. The molecule has 2 heterocycles. The third-order valence-corrected chi connectivity index (χ3v) is 5.73. The van der Waals surface area contributed by atoms with Crippen LogP contribution in [0, 0.1) is 11.6 Å². The summed E-state index contributed by atoms with van der Waals surface area (Å²) in [5.74, 6) is -2.25. The molecule has 0 saturated heterocycles. The topological polar surface area (TPSA) is 67.2 Å². The lowest BCUT2D eigenvalue weighted by Gasteiger charge is -2.16. The van der Waals surface area contributed by atoms with E-state index in [1.54, 1.807) is 9.47 Å². The minimum atomic E-state index is -1.06. The second kappa shape index (κ2) is 8.46. The van der Waals surface area contributed by atoms with E-state index in [1.165, 1.54) is 6.07 Å². The fraction of sp³-hybridized carbons (Fsp3) is 0.160. The summed E-state index contributed by atoms with van der Waals surface area (Å²) in [5, 5.41) is 2.55. The Morgan fingerprint density at radius 1 is 0.970 bits per heavy atom. The van der Waals surface area contributed by atoms with Gasteiger partial charge < -0.3 is 5.32 Å². The molecule has 1 N–H and O–H groups in total. The number of rotatable bonds is 6. The van der Waals surface area contributed by atoms with Gasteiger partial charge in [0, 0.05) is 18.3 Å². The van der Waals surface area contributed by atoms with Gasteiger partial charge in [-0.1, -0.05) is 42.5 Å². The van der Waals surface area contributed by atoms with Gasteiger partial charge >= 0.3 is 0 Å². The molecular formula is C25H20F2N4O2. The Bertz CT molecular complexity index is 1350. The van der Waals surface area contributed by atoms with Gasteiger partial charge in [0.15, 0.2) is 11.6 Å². The van der Waals surface area contributed by atoms with Crippen LogP contribution in [-0.4, -0.2) is 27.9 Å². The highest BCUT2D eigenvalue weighted by Crippen LogP contribution is 2.36. The van der Waals surface area contributed by atoms with Gasteiger partial charge in [0.1, 0.15) is 6.04 Å². The van der Waals surface area contributed by atoms with Crippen molar-refractivity contribution in [3.05, 3.63) is 90.0 Å². The first-order valence-electron chi connectivity index (χ1n) is 10.6. The van der Waals surface area contributed by atoms with Gasteiger partial charge in [-0.05, 0) is 36.2 Å². The van der Waals surface area contributed by atoms with Gasteiger partial charge in [0.05, 0.1) is 17.5 Å². The molecule has 6 nitrogen and oxygen atoms in total. The van der Waals surface area contributed by atoms with Crippen LogP contribution in [0.25, 0.3) is 11.0 Å². The Morgan fingerprint density at radius 2 is 1.73 bits per heavy atom. The number of hydrogen-bond donors (Lipinski definition) is 1. The number of nitrogens with zero attached hydrogens (tertiary/aromatic N) is 3. The molecule has 8 heteroatoms. The lowest BCUT2D eigenvalue weighted by atomic mass is 10.1. The number of hydrogen-bond acceptors (Lipinski definition) is 3. The second-order valence-electron chi connectivity index (χ2n) is 7.89. The maximum atomic E-state index is 13.5. The Hall–Kier alpha value is -4.07. The number of benzene rings is 3. The summed E-state index contributed by atoms with van der Waals surface area (Å²) in [6.45, 7) is 0.424. The number of amides is 2. The summed E-state index contributed by atoms with van der Waals surface area (Å²) in [5.41, 5.74) is 2.71. The van der Waals surface area contributed by atoms with Crippen molar-refractivity contribution in [2.75, 3.05) is 16.8 Å². The van der Waals surface area contributed by atoms with Crippen molar-refractivity contribution < 1.29 is 18.4 Å². The van der Waals surface area contributed by atoms with E-state index < -0.39 is 23.6 Å². The maximum Gasteiger partial charge on any atom is 0.253 e. The van der Waals surface area contributed by atoms with E-state index in [0.717, 1.165) is 28.7 Å². The van der Waals surface area contributed by atoms with E-state index >= 15 is 0 Å². The molecule has 0 fully saturated rings. The summed E-state index contributed by atoms with van der Waals surface area (Å²) in [4.78, 5) is 32.3. The molecule has 4 aromatic rings. The molecule has 1 aliphatic rings. The highest BCUT2D eigenvalue weighted by atomic mass is 19.2. The fourth-order valence-corrected chi connectivity index (χ4v) is 4.15.